The van der Waals surface area contributed by atoms with Gasteiger partial charge in [0.25, 0.3) is 11.7 Å². The molecule has 2 aromatic heterocycles. The number of Topliss-reactive ketones (excluding diaryl/α,β-unsaturated/α-hetero) is 1. The lowest BCUT2D eigenvalue weighted by molar-refractivity contribution is -0.132. The molecule has 5 rings (SSSR count). The molecule has 0 saturated carbocycles. The fraction of sp³-hybridized carbons (Fsp3) is 0.0833. The number of nitrogens with zero attached hydrogens (tertiary/aromatic N) is 1. The van der Waals surface area contributed by atoms with Crippen LogP contribution in [0, 0.1) is 0 Å². The minimum atomic E-state index is -0.720. The first-order chi connectivity index (χ1) is 15.1. The number of H-pyrrole nitrogens is 1. The number of aliphatic hydroxyl groups is 1. The van der Waals surface area contributed by atoms with E-state index in [9.17, 15) is 14.7 Å². The van der Waals surface area contributed by atoms with Gasteiger partial charge in [0.15, 0.2) is 0 Å². The van der Waals surface area contributed by atoms with Gasteiger partial charge < -0.3 is 14.8 Å². The molecule has 7 heteroatoms. The number of nitrogens with one attached hydrogen (secondary N) is 1. The molecular formula is C24H18N2O4S. The molecule has 6 nitrogen and oxygen atoms in total. The zero-order valence-electron chi connectivity index (χ0n) is 16.5. The first-order valence-electron chi connectivity index (χ1n) is 9.65. The van der Waals surface area contributed by atoms with E-state index in [1.807, 2.05) is 41.8 Å². The number of thiophene rings is 1. The Hall–Kier alpha value is -3.84. The zero-order chi connectivity index (χ0) is 21.5. The molecular weight excluding hydrogens is 412 g/mol. The van der Waals surface area contributed by atoms with E-state index < -0.39 is 17.7 Å². The number of ether oxygens (including phenoxy) is 1. The van der Waals surface area contributed by atoms with Gasteiger partial charge in [0.1, 0.15) is 17.6 Å². The smallest absolute Gasteiger partial charge is 0.300 e. The molecule has 4 aromatic rings. The molecule has 1 fully saturated rings. The van der Waals surface area contributed by atoms with Crippen LogP contribution in [0.3, 0.4) is 0 Å². The van der Waals surface area contributed by atoms with Crippen molar-refractivity contribution < 1.29 is 19.4 Å². The van der Waals surface area contributed by atoms with Gasteiger partial charge in [0.2, 0.25) is 0 Å². The lowest BCUT2D eigenvalue weighted by Crippen LogP contribution is -2.29. The monoisotopic (exact) mass is 430 g/mol. The summed E-state index contributed by atoms with van der Waals surface area (Å²) in [5, 5.41) is 13.9. The Labute approximate surface area is 182 Å². The van der Waals surface area contributed by atoms with Gasteiger partial charge >= 0.3 is 0 Å². The maximum Gasteiger partial charge on any atom is 0.300 e. The first-order valence-corrected chi connectivity index (χ1v) is 10.5. The van der Waals surface area contributed by atoms with Gasteiger partial charge in [-0.05, 0) is 41.8 Å². The van der Waals surface area contributed by atoms with E-state index in [0.29, 0.717) is 17.0 Å². The average molecular weight is 430 g/mol. The molecule has 0 aliphatic carbocycles. The molecule has 1 unspecified atom stereocenters. The molecule has 31 heavy (non-hydrogen) atoms. The number of methoxy groups -OCH3 is 1. The summed E-state index contributed by atoms with van der Waals surface area (Å²) in [6, 6.07) is 17.4. The van der Waals surface area contributed by atoms with E-state index in [0.717, 1.165) is 15.8 Å². The van der Waals surface area contributed by atoms with Gasteiger partial charge in [-0.3, -0.25) is 14.5 Å². The first kappa shape index (κ1) is 19.1. The summed E-state index contributed by atoms with van der Waals surface area (Å²) in [5.74, 6) is -0.932. The summed E-state index contributed by atoms with van der Waals surface area (Å²) in [7, 11) is 1.56. The number of hydrogen-bond acceptors (Lipinski definition) is 5. The number of para-hydroxylation sites is 1. The second-order valence-electron chi connectivity index (χ2n) is 7.13. The number of fused-ring (bicyclic) bond motifs is 1. The zero-order valence-corrected chi connectivity index (χ0v) is 17.3. The summed E-state index contributed by atoms with van der Waals surface area (Å²) in [5.41, 5.74) is 1.96. The molecule has 154 valence electrons. The summed E-state index contributed by atoms with van der Waals surface area (Å²) in [4.78, 5) is 31.6. The number of carbonyl (C=O) groups is 2. The van der Waals surface area contributed by atoms with Crippen LogP contribution >= 0.6 is 11.3 Å². The number of ketones is 1. The van der Waals surface area contributed by atoms with Crippen molar-refractivity contribution in [1.82, 2.24) is 4.98 Å². The SMILES string of the molecule is COc1ccc(N2C(=O)C(=O)/C(=C(\O)c3c[nH]c4ccccc34)C2c2cccs2)cc1. The van der Waals surface area contributed by atoms with Gasteiger partial charge in [-0.1, -0.05) is 24.3 Å². The second kappa shape index (κ2) is 7.45. The minimum Gasteiger partial charge on any atom is -0.507 e. The number of rotatable bonds is 4. The van der Waals surface area contributed by atoms with Crippen LogP contribution in [0.1, 0.15) is 16.5 Å². The molecule has 1 aliphatic rings. The third kappa shape index (κ3) is 3.02. The van der Waals surface area contributed by atoms with Crippen LogP contribution < -0.4 is 9.64 Å². The molecule has 0 spiro atoms. The Morgan fingerprint density at radius 1 is 1.06 bits per heavy atom. The predicted molar refractivity (Wildman–Crippen MR) is 120 cm³/mol. The fourth-order valence-corrected chi connectivity index (χ4v) is 4.79. The molecule has 0 radical (unpaired) electrons. The van der Waals surface area contributed by atoms with E-state index in [-0.39, 0.29) is 11.3 Å². The van der Waals surface area contributed by atoms with Gasteiger partial charge in [-0.25, -0.2) is 0 Å². The molecule has 2 N–H and O–H groups in total. The summed E-state index contributed by atoms with van der Waals surface area (Å²) in [6.07, 6.45) is 1.66. The standard InChI is InChI=1S/C24H18N2O4S/c1-30-15-10-8-14(9-11-15)26-21(19-7-4-12-31-19)20(23(28)24(26)29)22(27)17-13-25-18-6-3-2-5-16(17)18/h2-13,21,25,27H,1H3/b22-20-. The van der Waals surface area contributed by atoms with Gasteiger partial charge in [-0.2, -0.15) is 0 Å². The largest absolute Gasteiger partial charge is 0.507 e. The fourth-order valence-electron chi connectivity index (χ4n) is 3.97. The second-order valence-corrected chi connectivity index (χ2v) is 8.11. The van der Waals surface area contributed by atoms with Crippen molar-refractivity contribution in [1.29, 1.82) is 0 Å². The molecule has 2 aromatic carbocycles. The maximum atomic E-state index is 13.2. The van der Waals surface area contributed by atoms with Crippen LogP contribution in [0.5, 0.6) is 5.75 Å². The average Bonchev–Trinajstić information content (AvgIpc) is 3.53. The van der Waals surface area contributed by atoms with Crippen LogP contribution in [0.2, 0.25) is 0 Å². The van der Waals surface area contributed by atoms with Crippen LogP contribution in [0.4, 0.5) is 5.69 Å². The highest BCUT2D eigenvalue weighted by Gasteiger charge is 2.47. The molecule has 0 bridgehead atoms. The van der Waals surface area contributed by atoms with Crippen LogP contribution in [-0.4, -0.2) is 28.9 Å². The quantitative estimate of drug-likeness (QED) is 0.275. The number of anilines is 1. The normalized spacial score (nSPS) is 18.1. The van der Waals surface area contributed by atoms with E-state index in [2.05, 4.69) is 4.98 Å². The Morgan fingerprint density at radius 3 is 2.55 bits per heavy atom. The van der Waals surface area contributed by atoms with Crippen molar-refractivity contribution in [3.63, 3.8) is 0 Å². The summed E-state index contributed by atoms with van der Waals surface area (Å²) in [6.45, 7) is 0. The van der Waals surface area contributed by atoms with Crippen molar-refractivity contribution >= 4 is 45.4 Å². The lowest BCUT2D eigenvalue weighted by Gasteiger charge is -2.24. The number of carbonyl (C=O) groups excluding carboxylic acids is 2. The summed E-state index contributed by atoms with van der Waals surface area (Å²) >= 11 is 1.43. The Morgan fingerprint density at radius 2 is 1.84 bits per heavy atom. The number of hydrogen-bond donors (Lipinski definition) is 2. The highest BCUT2D eigenvalue weighted by molar-refractivity contribution is 7.10. The van der Waals surface area contributed by atoms with Gasteiger partial charge in [-0.15, -0.1) is 11.3 Å². The Balaban J connectivity index is 1.71. The molecule has 1 aliphatic heterocycles. The highest BCUT2D eigenvalue weighted by Crippen LogP contribution is 2.44. The third-order valence-corrected chi connectivity index (χ3v) is 6.38. The van der Waals surface area contributed by atoms with Gasteiger partial charge in [0, 0.05) is 33.2 Å². The molecule has 1 atom stereocenters. The van der Waals surface area contributed by atoms with Crippen molar-refractivity contribution in [2.45, 2.75) is 6.04 Å². The van der Waals surface area contributed by atoms with Gasteiger partial charge in [0.05, 0.1) is 12.7 Å². The van der Waals surface area contributed by atoms with Crippen molar-refractivity contribution in [3.05, 3.63) is 88.3 Å². The number of aliphatic hydroxyl groups excluding tert-OH is 1. The highest BCUT2D eigenvalue weighted by atomic mass is 32.1. The van der Waals surface area contributed by atoms with Crippen molar-refractivity contribution in [2.24, 2.45) is 0 Å². The predicted octanol–water partition coefficient (Wildman–Crippen LogP) is 4.86. The number of benzene rings is 2. The van der Waals surface area contributed by atoms with E-state index in [1.54, 1.807) is 37.6 Å². The maximum absolute atomic E-state index is 13.2. The van der Waals surface area contributed by atoms with E-state index in [4.69, 9.17) is 4.74 Å². The van der Waals surface area contributed by atoms with E-state index in [1.165, 1.54) is 16.2 Å². The van der Waals surface area contributed by atoms with Crippen molar-refractivity contribution in [3.8, 4) is 5.75 Å². The molecule has 3 heterocycles. The Kier molecular flexibility index (Phi) is 4.60. The third-order valence-electron chi connectivity index (χ3n) is 5.45. The topological polar surface area (TPSA) is 82.6 Å². The van der Waals surface area contributed by atoms with Crippen molar-refractivity contribution in [2.75, 3.05) is 12.0 Å². The molecule has 1 amide bonds. The van der Waals surface area contributed by atoms with Crippen LogP contribution in [0.15, 0.2) is 77.8 Å². The van der Waals surface area contributed by atoms with Crippen LogP contribution in [0.25, 0.3) is 16.7 Å². The summed E-state index contributed by atoms with van der Waals surface area (Å²) < 4.78 is 5.21. The number of amides is 1. The number of aromatic amines is 1. The van der Waals surface area contributed by atoms with E-state index >= 15 is 0 Å². The lowest BCUT2D eigenvalue weighted by atomic mass is 9.99. The number of aromatic nitrogens is 1. The van der Waals surface area contributed by atoms with Crippen LogP contribution in [-0.2, 0) is 9.59 Å². The molecule has 1 saturated heterocycles. The Bertz CT molecular complexity index is 1320. The minimum absolute atomic E-state index is 0.0769.